The molecule has 0 aromatic carbocycles. The lowest BCUT2D eigenvalue weighted by molar-refractivity contribution is -0.148. The van der Waals surface area contributed by atoms with Gasteiger partial charge in [0.1, 0.15) is 12.1 Å². The van der Waals surface area contributed by atoms with Crippen molar-refractivity contribution in [1.82, 2.24) is 5.32 Å². The van der Waals surface area contributed by atoms with Crippen LogP contribution in [0.4, 0.5) is 0 Å². The van der Waals surface area contributed by atoms with Crippen molar-refractivity contribution in [2.24, 2.45) is 0 Å². The number of aliphatic hydroxyl groups is 1. The van der Waals surface area contributed by atoms with E-state index in [0.29, 0.717) is 65.8 Å². The van der Waals surface area contributed by atoms with Gasteiger partial charge in [0.2, 0.25) is 0 Å². The molecule has 0 aliphatic heterocycles. The lowest BCUT2D eigenvalue weighted by atomic mass is 10.2. The Morgan fingerprint density at radius 2 is 1.38 bits per heavy atom. The molecule has 10 nitrogen and oxygen atoms in total. The summed E-state index contributed by atoms with van der Waals surface area (Å²) >= 11 is 0. The van der Waals surface area contributed by atoms with E-state index in [2.05, 4.69) is 5.32 Å². The third-order valence-electron chi connectivity index (χ3n) is 2.95. The van der Waals surface area contributed by atoms with Crippen LogP contribution in [0.15, 0.2) is 0 Å². The van der Waals surface area contributed by atoms with Crippen molar-refractivity contribution in [3.63, 3.8) is 0 Å². The second-order valence-corrected chi connectivity index (χ2v) is 5.18. The summed E-state index contributed by atoms with van der Waals surface area (Å²) in [5.74, 6) is -1.78. The number of ether oxygens (including phenoxy) is 4. The normalized spacial score (nSPS) is 12.0. The fourth-order valence-corrected chi connectivity index (χ4v) is 1.64. The van der Waals surface area contributed by atoms with Crippen LogP contribution >= 0.6 is 0 Å². The van der Waals surface area contributed by atoms with Crippen molar-refractivity contribution in [3.05, 3.63) is 0 Å². The predicted molar refractivity (Wildman–Crippen MR) is 90.1 cm³/mol. The van der Waals surface area contributed by atoms with Gasteiger partial charge in [-0.1, -0.05) is 0 Å². The Kier molecular flexibility index (Phi) is 17.4. The van der Waals surface area contributed by atoms with Gasteiger partial charge in [0.25, 0.3) is 0 Å². The summed E-state index contributed by atoms with van der Waals surface area (Å²) < 4.78 is 21.0. The van der Waals surface area contributed by atoms with Crippen molar-refractivity contribution in [2.75, 3.05) is 65.9 Å². The van der Waals surface area contributed by atoms with Gasteiger partial charge in [-0.3, -0.25) is 4.79 Å². The van der Waals surface area contributed by atoms with Gasteiger partial charge in [-0.25, -0.2) is 4.79 Å². The highest BCUT2D eigenvalue weighted by Gasteiger charge is 2.16. The molecule has 0 aliphatic rings. The number of rotatable bonds is 20. The number of carboxylic acid groups (broad SMARTS) is 1. The molecule has 0 saturated carbocycles. The SMILES string of the molecule is O=CCCOCCOCCOCCOCCNCC(=O)CC(O)C(=O)O. The lowest BCUT2D eigenvalue weighted by Crippen LogP contribution is -2.31. The monoisotopic (exact) mass is 379 g/mol. The molecule has 0 aromatic rings. The average Bonchev–Trinajstić information content (AvgIpc) is 2.61. The smallest absolute Gasteiger partial charge is 0.332 e. The Labute approximate surface area is 152 Å². The van der Waals surface area contributed by atoms with Crippen LogP contribution in [0.25, 0.3) is 0 Å². The van der Waals surface area contributed by atoms with Crippen LogP contribution in [0.5, 0.6) is 0 Å². The maximum Gasteiger partial charge on any atom is 0.332 e. The van der Waals surface area contributed by atoms with Crippen LogP contribution in [-0.4, -0.2) is 100 Å². The van der Waals surface area contributed by atoms with Gasteiger partial charge in [0, 0.05) is 19.4 Å². The number of ketones is 1. The molecule has 0 bridgehead atoms. The van der Waals surface area contributed by atoms with E-state index in [1.54, 1.807) is 0 Å². The van der Waals surface area contributed by atoms with Gasteiger partial charge in [0.15, 0.2) is 6.10 Å². The summed E-state index contributed by atoms with van der Waals surface area (Å²) in [4.78, 5) is 31.7. The maximum absolute atomic E-state index is 11.3. The molecule has 26 heavy (non-hydrogen) atoms. The van der Waals surface area contributed by atoms with Gasteiger partial charge in [-0.2, -0.15) is 0 Å². The van der Waals surface area contributed by atoms with Gasteiger partial charge >= 0.3 is 5.97 Å². The predicted octanol–water partition coefficient (Wildman–Crippen LogP) is -1.36. The van der Waals surface area contributed by atoms with Crippen LogP contribution in [0.3, 0.4) is 0 Å². The number of hydrogen-bond acceptors (Lipinski definition) is 9. The zero-order chi connectivity index (χ0) is 19.5. The minimum atomic E-state index is -1.66. The summed E-state index contributed by atoms with van der Waals surface area (Å²) in [5.41, 5.74) is 0. The van der Waals surface area contributed by atoms with Crippen molar-refractivity contribution in [1.29, 1.82) is 0 Å². The molecule has 3 N–H and O–H groups in total. The Morgan fingerprint density at radius 1 is 0.885 bits per heavy atom. The Hall–Kier alpha value is -1.43. The third-order valence-corrected chi connectivity index (χ3v) is 2.95. The van der Waals surface area contributed by atoms with Crippen molar-refractivity contribution in [3.8, 4) is 0 Å². The summed E-state index contributed by atoms with van der Waals surface area (Å²) in [5, 5.41) is 20.3. The Balaban J connectivity index is 3.19. The molecule has 0 saturated heterocycles. The lowest BCUT2D eigenvalue weighted by Gasteiger charge is -2.08. The van der Waals surface area contributed by atoms with Crippen molar-refractivity contribution >= 4 is 18.0 Å². The molecule has 0 radical (unpaired) electrons. The number of hydrogen-bond donors (Lipinski definition) is 3. The highest BCUT2D eigenvalue weighted by Crippen LogP contribution is 1.92. The quantitative estimate of drug-likeness (QED) is 0.171. The van der Waals surface area contributed by atoms with Crippen molar-refractivity contribution in [2.45, 2.75) is 18.9 Å². The zero-order valence-corrected chi connectivity index (χ0v) is 14.9. The minimum Gasteiger partial charge on any atom is -0.479 e. The number of aliphatic hydroxyl groups excluding tert-OH is 1. The summed E-state index contributed by atoms with van der Waals surface area (Å²) in [6, 6.07) is 0. The number of aldehydes is 1. The van der Waals surface area contributed by atoms with E-state index in [1.165, 1.54) is 0 Å². The van der Waals surface area contributed by atoms with Crippen LogP contribution in [0, 0.1) is 0 Å². The van der Waals surface area contributed by atoms with Crippen LogP contribution in [0.1, 0.15) is 12.8 Å². The minimum absolute atomic E-state index is 0.0135. The highest BCUT2D eigenvalue weighted by molar-refractivity contribution is 5.86. The van der Waals surface area contributed by atoms with Crippen LogP contribution < -0.4 is 5.32 Å². The summed E-state index contributed by atoms with van der Waals surface area (Å²) in [7, 11) is 0. The Bertz CT molecular complexity index is 379. The molecule has 0 spiro atoms. The molecule has 0 fully saturated rings. The van der Waals surface area contributed by atoms with E-state index in [9.17, 15) is 14.4 Å². The van der Waals surface area contributed by atoms with Gasteiger partial charge < -0.3 is 39.3 Å². The highest BCUT2D eigenvalue weighted by atomic mass is 16.6. The molecule has 0 rings (SSSR count). The van der Waals surface area contributed by atoms with Gasteiger partial charge in [0.05, 0.1) is 59.4 Å². The standard InChI is InChI=1S/C16H29NO9/c18-3-1-4-23-6-8-25-10-11-26-9-7-24-5-2-17-13-14(19)12-15(20)16(21)22/h3,15,17,20H,1-2,4-13H2,(H,21,22). The molecule has 0 aromatic heterocycles. The van der Waals surface area contributed by atoms with Gasteiger partial charge in [-0.05, 0) is 0 Å². The number of Topliss-reactive ketones (excluding diaryl/α,β-unsaturated/α-hetero) is 1. The maximum atomic E-state index is 11.3. The van der Waals surface area contributed by atoms with E-state index in [4.69, 9.17) is 29.2 Å². The fourth-order valence-electron chi connectivity index (χ4n) is 1.64. The zero-order valence-electron chi connectivity index (χ0n) is 14.9. The first kappa shape index (κ1) is 24.6. The number of carboxylic acids is 1. The largest absolute Gasteiger partial charge is 0.479 e. The number of carbonyl (C=O) groups excluding carboxylic acids is 2. The molecular weight excluding hydrogens is 350 g/mol. The third kappa shape index (κ3) is 17.4. The molecule has 10 heteroatoms. The van der Waals surface area contributed by atoms with Gasteiger partial charge in [-0.15, -0.1) is 0 Å². The van der Waals surface area contributed by atoms with Crippen LogP contribution in [-0.2, 0) is 33.3 Å². The number of nitrogens with one attached hydrogen (secondary N) is 1. The molecule has 152 valence electrons. The van der Waals surface area contributed by atoms with E-state index >= 15 is 0 Å². The van der Waals surface area contributed by atoms with E-state index in [-0.39, 0.29) is 12.3 Å². The Morgan fingerprint density at radius 3 is 1.88 bits per heavy atom. The average molecular weight is 379 g/mol. The molecule has 0 heterocycles. The summed E-state index contributed by atoms with van der Waals surface area (Å²) in [6.45, 7) is 3.82. The first-order valence-electron chi connectivity index (χ1n) is 8.45. The second kappa shape index (κ2) is 18.4. The fraction of sp³-hybridized carbons (Fsp3) is 0.812. The molecule has 1 atom stereocenters. The molecular formula is C16H29NO9. The number of aliphatic carboxylic acids is 1. The second-order valence-electron chi connectivity index (χ2n) is 5.18. The van der Waals surface area contributed by atoms with E-state index in [1.807, 2.05) is 0 Å². The number of carbonyl (C=O) groups is 3. The van der Waals surface area contributed by atoms with E-state index in [0.717, 1.165) is 6.29 Å². The topological polar surface area (TPSA) is 141 Å². The summed E-state index contributed by atoms with van der Waals surface area (Å²) in [6.07, 6.45) is -0.871. The molecule has 1 unspecified atom stereocenters. The van der Waals surface area contributed by atoms with Crippen LogP contribution in [0.2, 0.25) is 0 Å². The van der Waals surface area contributed by atoms with Crippen molar-refractivity contribution < 1.29 is 43.5 Å². The first-order valence-corrected chi connectivity index (χ1v) is 8.45. The first-order chi connectivity index (χ1) is 12.6. The molecule has 0 aliphatic carbocycles. The molecule has 0 amide bonds. The van der Waals surface area contributed by atoms with E-state index < -0.39 is 18.5 Å².